The predicted molar refractivity (Wildman–Crippen MR) is 105 cm³/mol. The molecule has 12 heteroatoms. The number of anilines is 1. The molecule has 2 fully saturated rings. The molecule has 0 aliphatic carbocycles. The number of carboxylic acid groups (broad SMARTS) is 1. The summed E-state index contributed by atoms with van der Waals surface area (Å²) in [4.78, 5) is 24.5. The lowest BCUT2D eigenvalue weighted by Crippen LogP contribution is -2.37. The van der Waals surface area contributed by atoms with E-state index in [-0.39, 0.29) is 29.4 Å². The number of nitrogens with zero attached hydrogens (tertiary/aromatic N) is 5. The molecule has 8 nitrogen and oxygen atoms in total. The van der Waals surface area contributed by atoms with Crippen LogP contribution in [0, 0.1) is 11.3 Å². The Bertz CT molecular complexity index is 905. The Morgan fingerprint density at radius 1 is 1.23 bits per heavy atom. The van der Waals surface area contributed by atoms with Crippen molar-refractivity contribution < 1.29 is 28.2 Å². The maximum atomic E-state index is 12.8. The minimum Gasteiger partial charge on any atom is -0.483 e. The van der Waals surface area contributed by atoms with Gasteiger partial charge in [-0.2, -0.15) is 13.2 Å². The van der Waals surface area contributed by atoms with Gasteiger partial charge >= 0.3 is 6.18 Å². The minimum absolute atomic E-state index is 0.00574. The van der Waals surface area contributed by atoms with Crippen molar-refractivity contribution in [2.24, 2.45) is 11.3 Å². The van der Waals surface area contributed by atoms with Gasteiger partial charge in [-0.05, 0) is 12.0 Å². The summed E-state index contributed by atoms with van der Waals surface area (Å²) in [5, 5.41) is 17.0. The molecule has 168 valence electrons. The fourth-order valence-corrected chi connectivity index (χ4v) is 4.57. The van der Waals surface area contributed by atoms with Crippen molar-refractivity contribution in [1.29, 1.82) is 0 Å². The van der Waals surface area contributed by atoms with Crippen LogP contribution < -0.4 is 4.90 Å². The van der Waals surface area contributed by atoms with E-state index in [1.54, 1.807) is 12.4 Å². The lowest BCUT2D eigenvalue weighted by Gasteiger charge is -2.28. The third-order valence-electron chi connectivity index (χ3n) is 5.61. The summed E-state index contributed by atoms with van der Waals surface area (Å²) in [6.07, 6.45) is 1.35. The monoisotopic (exact) mass is 459 g/mol. The molecule has 2 N–H and O–H groups in total. The number of pyridine rings is 1. The highest BCUT2D eigenvalue weighted by atomic mass is 35.5. The van der Waals surface area contributed by atoms with E-state index in [1.165, 1.54) is 6.33 Å². The van der Waals surface area contributed by atoms with Crippen LogP contribution in [0.15, 0.2) is 31.0 Å². The number of carbonyl (C=O) groups is 1. The Balaban J connectivity index is 0.000000858. The molecule has 2 aromatic heterocycles. The molecule has 4 rings (SSSR count). The van der Waals surface area contributed by atoms with Crippen LogP contribution in [0.1, 0.15) is 11.1 Å². The quantitative estimate of drug-likeness (QED) is 0.671. The number of halogens is 4. The van der Waals surface area contributed by atoms with Gasteiger partial charge in [-0.25, -0.2) is 15.0 Å². The lowest BCUT2D eigenvalue weighted by atomic mass is 9.82. The average molecular weight is 460 g/mol. The minimum atomic E-state index is -4.48. The molecule has 2 saturated heterocycles. The van der Waals surface area contributed by atoms with Gasteiger partial charge in [0.1, 0.15) is 12.1 Å². The summed E-state index contributed by atoms with van der Waals surface area (Å²) in [5.74, 6) is 0.502. The van der Waals surface area contributed by atoms with Crippen molar-refractivity contribution in [3.8, 4) is 0 Å². The van der Waals surface area contributed by atoms with Gasteiger partial charge in [0.05, 0.1) is 17.2 Å². The smallest absolute Gasteiger partial charge is 0.417 e. The van der Waals surface area contributed by atoms with E-state index in [9.17, 15) is 18.3 Å². The van der Waals surface area contributed by atoms with E-state index in [2.05, 4.69) is 19.9 Å². The van der Waals surface area contributed by atoms with Crippen LogP contribution in [0.25, 0.3) is 0 Å². The first-order chi connectivity index (χ1) is 14.7. The first kappa shape index (κ1) is 23.2. The number of hydrogen-bond donors (Lipinski definition) is 2. The largest absolute Gasteiger partial charge is 0.483 e. The summed E-state index contributed by atoms with van der Waals surface area (Å²) >= 11 is 6.11. The molecule has 0 bridgehead atoms. The number of rotatable bonds is 4. The molecule has 2 aliphatic heterocycles. The Morgan fingerprint density at radius 3 is 2.45 bits per heavy atom. The zero-order valence-corrected chi connectivity index (χ0v) is 17.1. The van der Waals surface area contributed by atoms with Crippen LogP contribution >= 0.6 is 11.6 Å². The van der Waals surface area contributed by atoms with Crippen LogP contribution in [-0.4, -0.2) is 69.3 Å². The van der Waals surface area contributed by atoms with Gasteiger partial charge in [0, 0.05) is 62.3 Å². The molecular formula is C19H21ClF3N5O3. The zero-order valence-electron chi connectivity index (χ0n) is 16.3. The second-order valence-electron chi connectivity index (χ2n) is 7.65. The SMILES string of the molecule is O=CO.OCC12CN(Cc3cncnc3)CC1CN(c1ncc(C(F)(F)F)cc1Cl)C2. The molecule has 31 heavy (non-hydrogen) atoms. The lowest BCUT2D eigenvalue weighted by molar-refractivity contribution is -0.137. The van der Waals surface area contributed by atoms with Gasteiger partial charge in [-0.3, -0.25) is 9.69 Å². The van der Waals surface area contributed by atoms with Gasteiger partial charge in [0.25, 0.3) is 6.47 Å². The zero-order chi connectivity index (χ0) is 22.6. The summed E-state index contributed by atoms with van der Waals surface area (Å²) < 4.78 is 38.5. The fraction of sp³-hybridized carbons (Fsp3) is 0.474. The number of fused-ring (bicyclic) bond motifs is 1. The van der Waals surface area contributed by atoms with Crippen LogP contribution in [0.4, 0.5) is 19.0 Å². The molecule has 0 amide bonds. The van der Waals surface area contributed by atoms with Crippen LogP contribution in [-0.2, 0) is 17.5 Å². The van der Waals surface area contributed by atoms with Crippen molar-refractivity contribution in [1.82, 2.24) is 19.9 Å². The number of hydrogen-bond acceptors (Lipinski definition) is 7. The highest BCUT2D eigenvalue weighted by Gasteiger charge is 2.52. The molecule has 2 aliphatic rings. The topological polar surface area (TPSA) is 103 Å². The second kappa shape index (κ2) is 9.33. The third-order valence-corrected chi connectivity index (χ3v) is 5.89. The van der Waals surface area contributed by atoms with Crippen molar-refractivity contribution >= 4 is 23.9 Å². The van der Waals surface area contributed by atoms with Crippen LogP contribution in [0.2, 0.25) is 5.02 Å². The highest BCUT2D eigenvalue weighted by molar-refractivity contribution is 6.33. The van der Waals surface area contributed by atoms with Crippen molar-refractivity contribution in [2.45, 2.75) is 12.7 Å². The van der Waals surface area contributed by atoms with Gasteiger partial charge < -0.3 is 15.1 Å². The van der Waals surface area contributed by atoms with E-state index in [0.717, 1.165) is 24.4 Å². The van der Waals surface area contributed by atoms with Gasteiger partial charge in [-0.1, -0.05) is 11.6 Å². The Labute approximate surface area is 181 Å². The molecular weight excluding hydrogens is 439 g/mol. The van der Waals surface area contributed by atoms with E-state index < -0.39 is 11.7 Å². The molecule has 4 heterocycles. The van der Waals surface area contributed by atoms with Crippen molar-refractivity contribution in [3.63, 3.8) is 0 Å². The summed E-state index contributed by atoms with van der Waals surface area (Å²) in [6.45, 7) is 2.96. The fourth-order valence-electron chi connectivity index (χ4n) is 4.28. The maximum Gasteiger partial charge on any atom is 0.417 e. The number of alkyl halides is 3. The number of aliphatic hydroxyl groups is 1. The summed E-state index contributed by atoms with van der Waals surface area (Å²) in [7, 11) is 0. The van der Waals surface area contributed by atoms with Gasteiger partial charge in [-0.15, -0.1) is 0 Å². The second-order valence-corrected chi connectivity index (χ2v) is 8.05. The predicted octanol–water partition coefficient (Wildman–Crippen LogP) is 2.18. The van der Waals surface area contributed by atoms with Crippen LogP contribution in [0.5, 0.6) is 0 Å². The Morgan fingerprint density at radius 2 is 1.90 bits per heavy atom. The first-order valence-corrected chi connectivity index (χ1v) is 9.73. The normalized spacial score (nSPS) is 23.3. The number of aromatic nitrogens is 3. The molecule has 0 aromatic carbocycles. The van der Waals surface area contributed by atoms with Crippen LogP contribution in [0.3, 0.4) is 0 Å². The van der Waals surface area contributed by atoms with E-state index in [4.69, 9.17) is 21.5 Å². The molecule has 0 spiro atoms. The standard InChI is InChI=1S/C18H19ClF3N5O.CH2O2/c19-15-1-13(18(20,21)22)4-25-16(15)27-7-14-6-26(8-17(14,9-27)10-28)5-12-2-23-11-24-3-12;2-1-3/h1-4,11,14,28H,5-10H2;1H,(H,2,3). The Kier molecular flexibility index (Phi) is 6.97. The first-order valence-electron chi connectivity index (χ1n) is 9.35. The van der Waals surface area contributed by atoms with Crippen molar-refractivity contribution in [3.05, 3.63) is 47.1 Å². The third kappa shape index (κ3) is 5.05. The molecule has 2 unspecified atom stereocenters. The summed E-state index contributed by atoms with van der Waals surface area (Å²) in [6, 6.07) is 0.908. The van der Waals surface area contributed by atoms with Gasteiger partial charge in [0.2, 0.25) is 0 Å². The number of aliphatic hydroxyl groups excluding tert-OH is 1. The molecule has 2 atom stereocenters. The molecule has 2 aromatic rings. The van der Waals surface area contributed by atoms with Crippen molar-refractivity contribution in [2.75, 3.05) is 37.7 Å². The maximum absolute atomic E-state index is 12.8. The molecule has 0 radical (unpaired) electrons. The van der Waals surface area contributed by atoms with E-state index in [0.29, 0.717) is 32.0 Å². The highest BCUT2D eigenvalue weighted by Crippen LogP contribution is 2.45. The van der Waals surface area contributed by atoms with E-state index in [1.807, 2.05) is 4.90 Å². The summed E-state index contributed by atoms with van der Waals surface area (Å²) in [5.41, 5.74) is -0.225. The molecule has 0 saturated carbocycles. The Hall–Kier alpha value is -2.50. The average Bonchev–Trinajstić information content (AvgIpc) is 3.22. The number of likely N-dealkylation sites (tertiary alicyclic amines) is 1. The van der Waals surface area contributed by atoms with E-state index >= 15 is 0 Å². The van der Waals surface area contributed by atoms with Gasteiger partial charge in [0.15, 0.2) is 0 Å².